The summed E-state index contributed by atoms with van der Waals surface area (Å²) in [6, 6.07) is 16.1. The van der Waals surface area contributed by atoms with Crippen molar-refractivity contribution in [3.63, 3.8) is 0 Å². The lowest BCUT2D eigenvalue weighted by atomic mass is 9.97. The average Bonchev–Trinajstić information content (AvgIpc) is 2.72. The molecule has 3 rings (SSSR count). The number of carbonyl (C=O) groups excluding carboxylic acids is 1. The molecule has 0 spiro atoms. The summed E-state index contributed by atoms with van der Waals surface area (Å²) in [4.78, 5) is 16.5. The number of ketones is 1. The Labute approximate surface area is 175 Å². The third-order valence-electron chi connectivity index (χ3n) is 4.05. The van der Waals surface area contributed by atoms with Crippen molar-refractivity contribution in [2.24, 2.45) is 0 Å². The van der Waals surface area contributed by atoms with Crippen LogP contribution in [0, 0.1) is 28.5 Å². The molecule has 0 bridgehead atoms. The van der Waals surface area contributed by atoms with Crippen LogP contribution in [0.2, 0.25) is 5.02 Å². The molecule has 0 aliphatic heterocycles. The van der Waals surface area contributed by atoms with Gasteiger partial charge in [-0.3, -0.25) is 4.79 Å². The van der Waals surface area contributed by atoms with Crippen molar-refractivity contribution in [3.8, 4) is 23.3 Å². The molecule has 0 aliphatic carbocycles. The molecule has 0 saturated carbocycles. The van der Waals surface area contributed by atoms with Crippen LogP contribution in [-0.4, -0.2) is 16.5 Å². The van der Waals surface area contributed by atoms with E-state index in [1.54, 1.807) is 24.3 Å². The molecule has 142 valence electrons. The van der Waals surface area contributed by atoms with Crippen molar-refractivity contribution < 1.29 is 9.18 Å². The molecular weight excluding hydrogens is 411 g/mol. The summed E-state index contributed by atoms with van der Waals surface area (Å²) in [5.41, 5.74) is 7.03. The fourth-order valence-electron chi connectivity index (χ4n) is 2.72. The second kappa shape index (κ2) is 8.74. The van der Waals surface area contributed by atoms with Crippen LogP contribution >= 0.6 is 23.4 Å². The van der Waals surface area contributed by atoms with E-state index in [0.29, 0.717) is 10.6 Å². The standard InChI is InChI=1S/C21H12ClFN4OS/c22-17-7-2-1-6-14(17)19-15(9-24)20(26)27-21(16(19)10-25)29-11-18(28)12-4-3-5-13(23)8-12/h1-8H,11H2,(H2,26,27). The van der Waals surface area contributed by atoms with E-state index in [4.69, 9.17) is 17.3 Å². The van der Waals surface area contributed by atoms with Gasteiger partial charge in [0.15, 0.2) is 5.78 Å². The zero-order valence-electron chi connectivity index (χ0n) is 14.8. The third-order valence-corrected chi connectivity index (χ3v) is 5.35. The highest BCUT2D eigenvalue weighted by Gasteiger charge is 2.22. The minimum atomic E-state index is -0.514. The summed E-state index contributed by atoms with van der Waals surface area (Å²) in [6.07, 6.45) is 0. The largest absolute Gasteiger partial charge is 0.383 e. The number of halogens is 2. The van der Waals surface area contributed by atoms with Gasteiger partial charge in [0.2, 0.25) is 0 Å². The Morgan fingerprint density at radius 3 is 2.52 bits per heavy atom. The summed E-state index contributed by atoms with van der Waals surface area (Å²) >= 11 is 7.26. The Balaban J connectivity index is 2.05. The van der Waals surface area contributed by atoms with Gasteiger partial charge in [0.25, 0.3) is 0 Å². The van der Waals surface area contributed by atoms with Crippen LogP contribution < -0.4 is 5.73 Å². The normalized spacial score (nSPS) is 10.2. The quantitative estimate of drug-likeness (QED) is 0.466. The molecule has 0 aliphatic rings. The maximum atomic E-state index is 13.4. The zero-order valence-corrected chi connectivity index (χ0v) is 16.4. The molecule has 29 heavy (non-hydrogen) atoms. The number of aromatic nitrogens is 1. The van der Waals surface area contributed by atoms with Crippen LogP contribution in [0.3, 0.4) is 0 Å². The van der Waals surface area contributed by atoms with E-state index in [0.717, 1.165) is 17.8 Å². The first-order valence-corrected chi connectivity index (χ1v) is 9.62. The number of Topliss-reactive ketones (excluding diaryl/α,β-unsaturated/α-hetero) is 1. The molecule has 5 nitrogen and oxygen atoms in total. The number of thioether (sulfide) groups is 1. The molecule has 0 fully saturated rings. The Kier molecular flexibility index (Phi) is 6.13. The summed E-state index contributed by atoms with van der Waals surface area (Å²) in [6.45, 7) is 0. The predicted molar refractivity (Wildman–Crippen MR) is 110 cm³/mol. The number of nitriles is 2. The number of hydrogen-bond acceptors (Lipinski definition) is 6. The maximum absolute atomic E-state index is 13.4. The number of nitrogen functional groups attached to an aromatic ring is 1. The van der Waals surface area contributed by atoms with E-state index in [9.17, 15) is 19.7 Å². The number of carbonyl (C=O) groups is 1. The Hall–Kier alpha value is -3.39. The van der Waals surface area contributed by atoms with E-state index in [-0.39, 0.29) is 44.6 Å². The van der Waals surface area contributed by atoms with Crippen molar-refractivity contribution in [2.45, 2.75) is 5.03 Å². The van der Waals surface area contributed by atoms with Gasteiger partial charge in [0, 0.05) is 21.7 Å². The van der Waals surface area contributed by atoms with Crippen molar-refractivity contribution in [1.29, 1.82) is 10.5 Å². The minimum Gasteiger partial charge on any atom is -0.383 e. The van der Waals surface area contributed by atoms with Gasteiger partial charge in [-0.2, -0.15) is 10.5 Å². The fraction of sp³-hybridized carbons (Fsp3) is 0.0476. The van der Waals surface area contributed by atoms with Crippen LogP contribution in [0.25, 0.3) is 11.1 Å². The number of hydrogen-bond donors (Lipinski definition) is 1. The van der Waals surface area contributed by atoms with E-state index in [1.165, 1.54) is 18.2 Å². The highest BCUT2D eigenvalue weighted by atomic mass is 35.5. The van der Waals surface area contributed by atoms with Gasteiger partial charge in [0.05, 0.1) is 11.3 Å². The highest BCUT2D eigenvalue weighted by Crippen LogP contribution is 2.38. The monoisotopic (exact) mass is 422 g/mol. The van der Waals surface area contributed by atoms with Crippen molar-refractivity contribution in [2.75, 3.05) is 11.5 Å². The van der Waals surface area contributed by atoms with Gasteiger partial charge < -0.3 is 5.73 Å². The first-order valence-electron chi connectivity index (χ1n) is 8.26. The number of nitrogens with zero attached hydrogens (tertiary/aromatic N) is 3. The lowest BCUT2D eigenvalue weighted by molar-refractivity contribution is 0.102. The van der Waals surface area contributed by atoms with Gasteiger partial charge in [-0.1, -0.05) is 53.7 Å². The van der Waals surface area contributed by atoms with Gasteiger partial charge in [-0.15, -0.1) is 0 Å². The van der Waals surface area contributed by atoms with Crippen LogP contribution in [0.4, 0.5) is 10.2 Å². The van der Waals surface area contributed by atoms with Crippen LogP contribution in [0.15, 0.2) is 53.6 Å². The van der Waals surface area contributed by atoms with Gasteiger partial charge in [0.1, 0.15) is 34.4 Å². The molecule has 2 aromatic carbocycles. The summed E-state index contributed by atoms with van der Waals surface area (Å²) in [5.74, 6) is -0.997. The Morgan fingerprint density at radius 2 is 1.86 bits per heavy atom. The fourth-order valence-corrected chi connectivity index (χ4v) is 3.83. The third kappa shape index (κ3) is 4.22. The number of pyridine rings is 1. The Bertz CT molecular complexity index is 1200. The Morgan fingerprint density at radius 1 is 1.14 bits per heavy atom. The lowest BCUT2D eigenvalue weighted by Crippen LogP contribution is -2.06. The first kappa shape index (κ1) is 20.3. The van der Waals surface area contributed by atoms with Gasteiger partial charge in [-0.25, -0.2) is 9.37 Å². The van der Waals surface area contributed by atoms with Crippen LogP contribution in [-0.2, 0) is 0 Å². The van der Waals surface area contributed by atoms with Crippen molar-refractivity contribution in [3.05, 3.63) is 76.1 Å². The molecule has 0 atom stereocenters. The predicted octanol–water partition coefficient (Wildman–Crippen LogP) is 4.84. The summed E-state index contributed by atoms with van der Waals surface area (Å²) in [7, 11) is 0. The average molecular weight is 423 g/mol. The molecule has 0 saturated heterocycles. The minimum absolute atomic E-state index is 0.0375. The van der Waals surface area contributed by atoms with E-state index < -0.39 is 5.82 Å². The van der Waals surface area contributed by atoms with E-state index in [1.807, 2.05) is 12.1 Å². The van der Waals surface area contributed by atoms with Crippen LogP contribution in [0.1, 0.15) is 21.5 Å². The summed E-state index contributed by atoms with van der Waals surface area (Å²) in [5, 5.41) is 19.8. The maximum Gasteiger partial charge on any atom is 0.173 e. The molecule has 3 aromatic rings. The topological polar surface area (TPSA) is 104 Å². The number of anilines is 1. The highest BCUT2D eigenvalue weighted by molar-refractivity contribution is 8.00. The zero-order chi connectivity index (χ0) is 21.0. The van der Waals surface area contributed by atoms with Gasteiger partial charge >= 0.3 is 0 Å². The SMILES string of the molecule is N#Cc1c(N)nc(SCC(=O)c2cccc(F)c2)c(C#N)c1-c1ccccc1Cl. The van der Waals surface area contributed by atoms with E-state index in [2.05, 4.69) is 4.98 Å². The second-order valence-electron chi connectivity index (χ2n) is 5.85. The van der Waals surface area contributed by atoms with Crippen molar-refractivity contribution >= 4 is 35.0 Å². The molecule has 2 N–H and O–H groups in total. The van der Waals surface area contributed by atoms with Crippen molar-refractivity contribution in [1.82, 2.24) is 4.98 Å². The molecule has 0 amide bonds. The molecular formula is C21H12ClFN4OS. The van der Waals surface area contributed by atoms with Gasteiger partial charge in [-0.05, 0) is 18.2 Å². The number of rotatable bonds is 5. The lowest BCUT2D eigenvalue weighted by Gasteiger charge is -2.13. The van der Waals surface area contributed by atoms with Crippen LogP contribution in [0.5, 0.6) is 0 Å². The molecule has 8 heteroatoms. The smallest absolute Gasteiger partial charge is 0.173 e. The van der Waals surface area contributed by atoms with E-state index >= 15 is 0 Å². The molecule has 0 radical (unpaired) electrons. The molecule has 1 heterocycles. The molecule has 0 unspecified atom stereocenters. The second-order valence-corrected chi connectivity index (χ2v) is 7.22. The molecule has 1 aromatic heterocycles. The number of nitrogens with two attached hydrogens (primary N) is 1. The summed E-state index contributed by atoms with van der Waals surface area (Å²) < 4.78 is 13.4. The number of benzene rings is 2. The first-order chi connectivity index (χ1) is 14.0.